The molecule has 2 rings (SSSR count). The normalized spacial score (nSPS) is 12.5. The molecule has 0 saturated heterocycles. The molecule has 0 radical (unpaired) electrons. The van der Waals surface area contributed by atoms with Crippen LogP contribution in [0.1, 0.15) is 5.56 Å². The minimum atomic E-state index is -0.539. The highest BCUT2D eigenvalue weighted by atomic mass is 35.5. The zero-order valence-corrected chi connectivity index (χ0v) is 11.7. The Balaban J connectivity index is 1.63. The lowest BCUT2D eigenvalue weighted by Gasteiger charge is -2.10. The van der Waals surface area contributed by atoms with Crippen molar-refractivity contribution in [1.29, 1.82) is 0 Å². The summed E-state index contributed by atoms with van der Waals surface area (Å²) in [4.78, 5) is 3.96. The number of hydrogen-bond acceptors (Lipinski definition) is 5. The third-order valence-electron chi connectivity index (χ3n) is 2.30. The van der Waals surface area contributed by atoms with Crippen molar-refractivity contribution in [1.82, 2.24) is 15.2 Å². The first-order chi connectivity index (χ1) is 9.24. The molecule has 0 spiro atoms. The Morgan fingerprint density at radius 1 is 1.37 bits per heavy atom. The first kappa shape index (κ1) is 14.3. The van der Waals surface area contributed by atoms with Crippen LogP contribution in [0.15, 0.2) is 35.7 Å². The van der Waals surface area contributed by atoms with E-state index in [9.17, 15) is 5.11 Å². The number of halogens is 1. The summed E-state index contributed by atoms with van der Waals surface area (Å²) in [7, 11) is 0. The zero-order valence-electron chi connectivity index (χ0n) is 10.1. The van der Waals surface area contributed by atoms with Crippen LogP contribution in [0, 0.1) is 0 Å². The Labute approximate surface area is 120 Å². The molecule has 0 amide bonds. The van der Waals surface area contributed by atoms with Crippen LogP contribution in [0.4, 0.5) is 0 Å². The Kier molecular flexibility index (Phi) is 5.65. The van der Waals surface area contributed by atoms with Gasteiger partial charge in [0, 0.05) is 10.8 Å². The minimum absolute atomic E-state index is 0.282. The summed E-state index contributed by atoms with van der Waals surface area (Å²) in [5.74, 6) is 0.510. The molecule has 1 unspecified atom stereocenters. The van der Waals surface area contributed by atoms with Crippen LogP contribution in [0.2, 0.25) is 5.02 Å². The van der Waals surface area contributed by atoms with Crippen molar-refractivity contribution in [3.8, 4) is 0 Å². The summed E-state index contributed by atoms with van der Waals surface area (Å²) < 4.78 is 5.44. The molecule has 0 saturated carbocycles. The second kappa shape index (κ2) is 7.49. The molecule has 5 nitrogen and oxygen atoms in total. The minimum Gasteiger partial charge on any atom is -0.390 e. The zero-order chi connectivity index (χ0) is 13.5. The van der Waals surface area contributed by atoms with Crippen LogP contribution >= 0.6 is 23.4 Å². The molecule has 2 aromatic rings. The van der Waals surface area contributed by atoms with Crippen LogP contribution < -0.4 is 0 Å². The molecule has 0 aliphatic rings. The van der Waals surface area contributed by atoms with Gasteiger partial charge in [-0.1, -0.05) is 35.5 Å². The van der Waals surface area contributed by atoms with E-state index in [1.165, 1.54) is 18.1 Å². The molecule has 1 aromatic carbocycles. The first-order valence-corrected chi connectivity index (χ1v) is 7.09. The van der Waals surface area contributed by atoms with E-state index in [-0.39, 0.29) is 6.61 Å². The lowest BCUT2D eigenvalue weighted by molar-refractivity contribution is 0.0398. The predicted octanol–water partition coefficient (Wildman–Crippen LogP) is 2.13. The number of rotatable bonds is 7. The summed E-state index contributed by atoms with van der Waals surface area (Å²) in [5, 5.41) is 17.6. The predicted molar refractivity (Wildman–Crippen MR) is 74.2 cm³/mol. The Morgan fingerprint density at radius 2 is 2.16 bits per heavy atom. The van der Waals surface area contributed by atoms with Gasteiger partial charge >= 0.3 is 0 Å². The number of hydrogen-bond donors (Lipinski definition) is 2. The Hall–Kier alpha value is -1.08. The van der Waals surface area contributed by atoms with Crippen molar-refractivity contribution in [2.75, 3.05) is 12.4 Å². The second-order valence-corrected chi connectivity index (χ2v) is 5.34. The number of H-pyrrole nitrogens is 1. The van der Waals surface area contributed by atoms with Gasteiger partial charge in [0.2, 0.25) is 0 Å². The van der Waals surface area contributed by atoms with Gasteiger partial charge < -0.3 is 9.84 Å². The highest BCUT2D eigenvalue weighted by molar-refractivity contribution is 7.99. The van der Waals surface area contributed by atoms with Gasteiger partial charge in [-0.25, -0.2) is 4.98 Å². The standard InChI is InChI=1S/C12H14ClN3O2S/c13-10-3-1-9(2-4-10)5-18-6-11(17)7-19-12-14-8-15-16-12/h1-4,8,11,17H,5-7H2,(H,14,15,16). The number of aromatic nitrogens is 3. The molecule has 0 fully saturated rings. The fourth-order valence-electron chi connectivity index (χ4n) is 1.38. The molecule has 0 aliphatic heterocycles. The van der Waals surface area contributed by atoms with Crippen molar-refractivity contribution < 1.29 is 9.84 Å². The van der Waals surface area contributed by atoms with Crippen LogP contribution in [0.3, 0.4) is 0 Å². The molecule has 7 heteroatoms. The molecule has 1 atom stereocenters. The maximum absolute atomic E-state index is 9.74. The molecule has 2 N–H and O–H groups in total. The molecule has 1 aromatic heterocycles. The van der Waals surface area contributed by atoms with E-state index in [1.54, 1.807) is 0 Å². The number of nitrogens with one attached hydrogen (secondary N) is 1. The molecule has 1 heterocycles. The lowest BCUT2D eigenvalue weighted by Crippen LogP contribution is -2.18. The van der Waals surface area contributed by atoms with Crippen LogP contribution in [-0.2, 0) is 11.3 Å². The number of aliphatic hydroxyl groups is 1. The number of benzene rings is 1. The smallest absolute Gasteiger partial charge is 0.183 e. The van der Waals surface area contributed by atoms with Crippen molar-refractivity contribution in [2.45, 2.75) is 17.9 Å². The summed E-state index contributed by atoms with van der Waals surface area (Å²) >= 11 is 7.20. The van der Waals surface area contributed by atoms with E-state index in [2.05, 4.69) is 15.2 Å². The molecule has 102 valence electrons. The lowest BCUT2D eigenvalue weighted by atomic mass is 10.2. The van der Waals surface area contributed by atoms with Gasteiger partial charge in [-0.2, -0.15) is 5.10 Å². The van der Waals surface area contributed by atoms with Gasteiger partial charge in [0.05, 0.1) is 19.3 Å². The van der Waals surface area contributed by atoms with E-state index >= 15 is 0 Å². The average Bonchev–Trinajstić information content (AvgIpc) is 2.92. The Morgan fingerprint density at radius 3 is 2.84 bits per heavy atom. The van der Waals surface area contributed by atoms with E-state index in [0.717, 1.165) is 5.56 Å². The van der Waals surface area contributed by atoms with E-state index in [0.29, 0.717) is 22.5 Å². The molecular formula is C12H14ClN3O2S. The second-order valence-electron chi connectivity index (χ2n) is 3.90. The van der Waals surface area contributed by atoms with E-state index in [4.69, 9.17) is 16.3 Å². The van der Waals surface area contributed by atoms with Crippen molar-refractivity contribution >= 4 is 23.4 Å². The van der Waals surface area contributed by atoms with Crippen molar-refractivity contribution in [3.63, 3.8) is 0 Å². The highest BCUT2D eigenvalue weighted by Crippen LogP contribution is 2.13. The van der Waals surface area contributed by atoms with Crippen LogP contribution in [0.25, 0.3) is 0 Å². The monoisotopic (exact) mass is 299 g/mol. The number of ether oxygens (including phenoxy) is 1. The number of thioether (sulfide) groups is 1. The highest BCUT2D eigenvalue weighted by Gasteiger charge is 2.07. The van der Waals surface area contributed by atoms with E-state index < -0.39 is 6.10 Å². The number of aromatic amines is 1. The van der Waals surface area contributed by atoms with Gasteiger partial charge in [0.1, 0.15) is 6.33 Å². The fraction of sp³-hybridized carbons (Fsp3) is 0.333. The van der Waals surface area contributed by atoms with Gasteiger partial charge in [0.15, 0.2) is 5.16 Å². The summed E-state index contributed by atoms with van der Waals surface area (Å²) in [6.07, 6.45) is 0.897. The molecular weight excluding hydrogens is 286 g/mol. The third kappa shape index (κ3) is 5.20. The number of nitrogens with zero attached hydrogens (tertiary/aromatic N) is 2. The molecule has 0 aliphatic carbocycles. The van der Waals surface area contributed by atoms with Crippen LogP contribution in [-0.4, -0.2) is 38.8 Å². The van der Waals surface area contributed by atoms with Gasteiger partial charge in [-0.05, 0) is 17.7 Å². The average molecular weight is 300 g/mol. The summed E-state index contributed by atoms with van der Waals surface area (Å²) in [6, 6.07) is 7.43. The molecule has 19 heavy (non-hydrogen) atoms. The van der Waals surface area contributed by atoms with Gasteiger partial charge in [0.25, 0.3) is 0 Å². The van der Waals surface area contributed by atoms with Crippen LogP contribution in [0.5, 0.6) is 0 Å². The van der Waals surface area contributed by atoms with Gasteiger partial charge in [-0.3, -0.25) is 5.10 Å². The topological polar surface area (TPSA) is 71.0 Å². The largest absolute Gasteiger partial charge is 0.390 e. The number of aliphatic hydroxyl groups excluding tert-OH is 1. The SMILES string of the molecule is OC(COCc1ccc(Cl)cc1)CSc1ncn[nH]1. The van der Waals surface area contributed by atoms with E-state index in [1.807, 2.05) is 24.3 Å². The maximum atomic E-state index is 9.74. The third-order valence-corrected chi connectivity index (χ3v) is 3.57. The summed E-state index contributed by atoms with van der Waals surface area (Å²) in [5.41, 5.74) is 1.03. The summed E-state index contributed by atoms with van der Waals surface area (Å²) in [6.45, 7) is 0.741. The maximum Gasteiger partial charge on any atom is 0.183 e. The first-order valence-electron chi connectivity index (χ1n) is 5.72. The van der Waals surface area contributed by atoms with Gasteiger partial charge in [-0.15, -0.1) is 0 Å². The Bertz CT molecular complexity index is 478. The molecule has 0 bridgehead atoms. The van der Waals surface area contributed by atoms with Crippen molar-refractivity contribution in [2.24, 2.45) is 0 Å². The fourth-order valence-corrected chi connectivity index (χ4v) is 2.19. The van der Waals surface area contributed by atoms with Crippen molar-refractivity contribution in [3.05, 3.63) is 41.2 Å². The quantitative estimate of drug-likeness (QED) is 0.766.